The Hall–Kier alpha value is -0.780. The van der Waals surface area contributed by atoms with E-state index in [1.165, 1.54) is 0 Å². The summed E-state index contributed by atoms with van der Waals surface area (Å²) < 4.78 is 10.5. The fraction of sp³-hybridized carbons (Fsp3) is 0.600. The summed E-state index contributed by atoms with van der Waals surface area (Å²) in [6.07, 6.45) is 3.31. The fourth-order valence-corrected chi connectivity index (χ4v) is 0.698. The van der Waals surface area contributed by atoms with E-state index in [1.807, 2.05) is 19.9 Å². The minimum absolute atomic E-state index is 0.249. The van der Waals surface area contributed by atoms with Crippen molar-refractivity contribution in [2.45, 2.75) is 27.1 Å². The summed E-state index contributed by atoms with van der Waals surface area (Å²) in [7, 11) is 0. The van der Waals surface area contributed by atoms with E-state index in [0.717, 1.165) is 0 Å². The Bertz CT molecular complexity index is 168. The molecule has 0 amide bonds. The largest absolute Gasteiger partial charge is 0.349 e. The third kappa shape index (κ3) is 5.96. The van der Waals surface area contributed by atoms with E-state index in [-0.39, 0.29) is 6.29 Å². The molecule has 0 aromatic heterocycles. The van der Waals surface area contributed by atoms with Gasteiger partial charge in [0.05, 0.1) is 0 Å². The summed E-state index contributed by atoms with van der Waals surface area (Å²) in [4.78, 5) is 0. The van der Waals surface area contributed by atoms with E-state index in [4.69, 9.17) is 9.47 Å². The molecule has 0 radical (unpaired) electrons. The van der Waals surface area contributed by atoms with Crippen molar-refractivity contribution in [3.05, 3.63) is 12.2 Å². The van der Waals surface area contributed by atoms with E-state index < -0.39 is 0 Å². The van der Waals surface area contributed by atoms with Crippen molar-refractivity contribution in [2.75, 3.05) is 13.2 Å². The topological polar surface area (TPSA) is 18.5 Å². The van der Waals surface area contributed by atoms with Gasteiger partial charge in [-0.15, -0.1) is 5.92 Å². The van der Waals surface area contributed by atoms with E-state index in [9.17, 15) is 0 Å². The van der Waals surface area contributed by atoms with Gasteiger partial charge < -0.3 is 9.47 Å². The minimum Gasteiger partial charge on any atom is -0.349 e. The lowest BCUT2D eigenvalue weighted by Gasteiger charge is -2.11. The molecule has 12 heavy (non-hydrogen) atoms. The van der Waals surface area contributed by atoms with Gasteiger partial charge in [0.15, 0.2) is 6.29 Å². The van der Waals surface area contributed by atoms with Gasteiger partial charge in [0.1, 0.15) is 0 Å². The fourth-order valence-electron chi connectivity index (χ4n) is 0.698. The van der Waals surface area contributed by atoms with E-state index >= 15 is 0 Å². The molecule has 0 N–H and O–H groups in total. The van der Waals surface area contributed by atoms with Gasteiger partial charge in [0.25, 0.3) is 0 Å². The van der Waals surface area contributed by atoms with Crippen molar-refractivity contribution in [1.29, 1.82) is 0 Å². The molecule has 0 aromatic rings. The maximum absolute atomic E-state index is 5.25. The Kier molecular flexibility index (Phi) is 7.78. The van der Waals surface area contributed by atoms with Crippen molar-refractivity contribution in [1.82, 2.24) is 0 Å². The van der Waals surface area contributed by atoms with Crippen LogP contribution in [-0.4, -0.2) is 19.5 Å². The normalized spacial score (nSPS) is 10.3. The van der Waals surface area contributed by atoms with Gasteiger partial charge in [-0.1, -0.05) is 5.92 Å². The lowest BCUT2D eigenvalue weighted by molar-refractivity contribution is -0.103. The smallest absolute Gasteiger partial charge is 0.177 e. The third-order valence-electron chi connectivity index (χ3n) is 1.14. The Balaban J connectivity index is 3.81. The van der Waals surface area contributed by atoms with Gasteiger partial charge in [0, 0.05) is 13.2 Å². The highest BCUT2D eigenvalue weighted by Crippen LogP contribution is 1.96. The van der Waals surface area contributed by atoms with Crippen molar-refractivity contribution < 1.29 is 9.47 Å². The maximum atomic E-state index is 5.25. The number of ether oxygens (including phenoxy) is 2. The number of allylic oxidation sites excluding steroid dienone is 1. The van der Waals surface area contributed by atoms with Gasteiger partial charge in [-0.3, -0.25) is 0 Å². The Labute approximate surface area is 74.6 Å². The number of hydrogen-bond acceptors (Lipinski definition) is 2. The lowest BCUT2D eigenvalue weighted by Crippen LogP contribution is -2.13. The van der Waals surface area contributed by atoms with Gasteiger partial charge in [-0.2, -0.15) is 0 Å². The molecule has 0 aliphatic carbocycles. The molecule has 0 saturated heterocycles. The van der Waals surface area contributed by atoms with Crippen LogP contribution in [0, 0.1) is 11.8 Å². The first kappa shape index (κ1) is 11.2. The number of hydrogen-bond donors (Lipinski definition) is 0. The van der Waals surface area contributed by atoms with Crippen LogP contribution >= 0.6 is 0 Å². The second kappa shape index (κ2) is 8.32. The average molecular weight is 168 g/mol. The monoisotopic (exact) mass is 168 g/mol. The highest BCUT2D eigenvalue weighted by molar-refractivity contribution is 5.14. The molecule has 0 saturated carbocycles. The van der Waals surface area contributed by atoms with Gasteiger partial charge in [-0.25, -0.2) is 0 Å². The van der Waals surface area contributed by atoms with Gasteiger partial charge in [-0.05, 0) is 32.9 Å². The van der Waals surface area contributed by atoms with Crippen molar-refractivity contribution in [3.8, 4) is 11.8 Å². The van der Waals surface area contributed by atoms with Crippen LogP contribution in [0.3, 0.4) is 0 Å². The predicted molar refractivity (Wildman–Crippen MR) is 49.6 cm³/mol. The average Bonchev–Trinajstić information content (AvgIpc) is 2.06. The summed E-state index contributed by atoms with van der Waals surface area (Å²) in [5.74, 6) is 5.56. The molecule has 0 heterocycles. The maximum Gasteiger partial charge on any atom is 0.177 e. The SMILES string of the molecule is CC#C/C=C/C(OCC)OCC. The van der Waals surface area contributed by atoms with E-state index in [0.29, 0.717) is 13.2 Å². The molecule has 0 bridgehead atoms. The third-order valence-corrected chi connectivity index (χ3v) is 1.14. The van der Waals surface area contributed by atoms with Crippen molar-refractivity contribution >= 4 is 0 Å². The molecule has 2 heteroatoms. The Morgan fingerprint density at radius 3 is 2.25 bits per heavy atom. The summed E-state index contributed by atoms with van der Waals surface area (Å²) >= 11 is 0. The molecule has 0 atom stereocenters. The van der Waals surface area contributed by atoms with Crippen molar-refractivity contribution in [3.63, 3.8) is 0 Å². The van der Waals surface area contributed by atoms with Gasteiger partial charge in [0.2, 0.25) is 0 Å². The quantitative estimate of drug-likeness (QED) is 0.461. The van der Waals surface area contributed by atoms with Crippen LogP contribution in [0.5, 0.6) is 0 Å². The molecule has 0 aliphatic rings. The number of rotatable bonds is 5. The highest BCUT2D eigenvalue weighted by Gasteiger charge is 1.99. The predicted octanol–water partition coefficient (Wildman–Crippen LogP) is 1.97. The molecule has 0 rings (SSSR count). The first-order valence-corrected chi connectivity index (χ1v) is 4.17. The molecule has 0 unspecified atom stereocenters. The molecule has 0 aliphatic heterocycles. The molecule has 0 spiro atoms. The van der Waals surface area contributed by atoms with Crippen LogP contribution in [0.25, 0.3) is 0 Å². The summed E-state index contributed by atoms with van der Waals surface area (Å²) in [5.41, 5.74) is 0. The van der Waals surface area contributed by atoms with Crippen LogP contribution in [0.1, 0.15) is 20.8 Å². The lowest BCUT2D eigenvalue weighted by atomic mass is 10.4. The zero-order valence-corrected chi connectivity index (χ0v) is 7.96. The first-order valence-electron chi connectivity index (χ1n) is 4.17. The molecule has 2 nitrogen and oxygen atoms in total. The van der Waals surface area contributed by atoms with Crippen LogP contribution in [0.2, 0.25) is 0 Å². The van der Waals surface area contributed by atoms with Crippen LogP contribution in [0.15, 0.2) is 12.2 Å². The highest BCUT2D eigenvalue weighted by atomic mass is 16.7. The molecule has 0 fully saturated rings. The Morgan fingerprint density at radius 1 is 1.25 bits per heavy atom. The van der Waals surface area contributed by atoms with E-state index in [2.05, 4.69) is 11.8 Å². The first-order chi connectivity index (χ1) is 5.85. The molecule has 0 aromatic carbocycles. The standard InChI is InChI=1S/C10H16O2/c1-4-7-8-9-10(11-5-2)12-6-3/h8-10H,5-6H2,1-3H3/b9-8+. The summed E-state index contributed by atoms with van der Waals surface area (Å²) in [6.45, 7) is 6.96. The summed E-state index contributed by atoms with van der Waals surface area (Å²) in [5, 5.41) is 0. The molecule has 68 valence electrons. The molecular formula is C10H16O2. The van der Waals surface area contributed by atoms with Crippen LogP contribution in [-0.2, 0) is 9.47 Å². The summed E-state index contributed by atoms with van der Waals surface area (Å²) in [6, 6.07) is 0. The molecular weight excluding hydrogens is 152 g/mol. The van der Waals surface area contributed by atoms with Gasteiger partial charge >= 0.3 is 0 Å². The zero-order chi connectivity index (χ0) is 9.23. The minimum atomic E-state index is -0.249. The second-order valence-electron chi connectivity index (χ2n) is 2.03. The Morgan fingerprint density at radius 2 is 1.83 bits per heavy atom. The van der Waals surface area contributed by atoms with Crippen LogP contribution < -0.4 is 0 Å². The second-order valence-corrected chi connectivity index (χ2v) is 2.03. The van der Waals surface area contributed by atoms with Crippen molar-refractivity contribution in [2.24, 2.45) is 0 Å². The zero-order valence-electron chi connectivity index (χ0n) is 7.96. The van der Waals surface area contributed by atoms with Crippen LogP contribution in [0.4, 0.5) is 0 Å². The van der Waals surface area contributed by atoms with E-state index in [1.54, 1.807) is 13.0 Å².